The Balaban J connectivity index is 2.39. The third kappa shape index (κ3) is 2.24. The van der Waals surface area contributed by atoms with Crippen LogP contribution in [0.4, 0.5) is 5.82 Å². The average Bonchev–Trinajstić information content (AvgIpc) is 2.77. The first-order valence-electron chi connectivity index (χ1n) is 6.36. The minimum Gasteiger partial charge on any atom is -0.478 e. The Hall–Kier alpha value is -2.84. The fraction of sp³-hybridized carbons (Fsp3) is 0. The molecule has 0 spiro atoms. The third-order valence-electron chi connectivity index (χ3n) is 3.45. The lowest BCUT2D eigenvalue weighted by molar-refractivity contribution is 0.0696. The summed E-state index contributed by atoms with van der Waals surface area (Å²) in [5, 5.41) is 10.9. The number of fused-ring (bicyclic) bond motifs is 1. The Kier molecular flexibility index (Phi) is 3.58. The number of carbonyl (C=O) groups excluding carboxylic acids is 2. The van der Waals surface area contributed by atoms with Crippen LogP contribution in [-0.4, -0.2) is 27.5 Å². The summed E-state index contributed by atoms with van der Waals surface area (Å²) in [6.07, 6.45) is 0. The fourth-order valence-electron chi connectivity index (χ4n) is 2.39. The largest absolute Gasteiger partial charge is 0.478 e. The Labute approximate surface area is 143 Å². The van der Waals surface area contributed by atoms with E-state index in [4.69, 9.17) is 34.0 Å². The summed E-state index contributed by atoms with van der Waals surface area (Å²) in [4.78, 5) is 47.0. The van der Waals surface area contributed by atoms with Gasteiger partial charge in [-0.05, 0) is 12.1 Å². The van der Waals surface area contributed by atoms with E-state index in [0.29, 0.717) is 0 Å². The summed E-state index contributed by atoms with van der Waals surface area (Å²) in [5.41, 5.74) is 4.41. The zero-order valence-corrected chi connectivity index (χ0v) is 13.1. The molecule has 0 radical (unpaired) electrons. The molecular formula is C14H7Cl2N3O5. The van der Waals surface area contributed by atoms with Crippen LogP contribution in [0.3, 0.4) is 0 Å². The number of aromatic nitrogens is 1. The average molecular weight is 368 g/mol. The van der Waals surface area contributed by atoms with E-state index in [2.05, 4.69) is 0 Å². The molecular weight excluding hydrogens is 361 g/mol. The van der Waals surface area contributed by atoms with Crippen LogP contribution in [0, 0.1) is 0 Å². The SMILES string of the molecule is Nc1c2c(cc(=O)n1-c1cc(C(=O)O)cc(Cl)c1Cl)C(=O)NC2=O. The van der Waals surface area contributed by atoms with E-state index in [-0.39, 0.29) is 38.2 Å². The van der Waals surface area contributed by atoms with Gasteiger partial charge in [0.1, 0.15) is 5.82 Å². The number of carboxylic acids is 1. The molecule has 1 aromatic carbocycles. The number of halogens is 2. The minimum absolute atomic E-state index is 0.112. The van der Waals surface area contributed by atoms with Gasteiger partial charge in [-0.3, -0.25) is 24.3 Å². The second kappa shape index (κ2) is 5.36. The second-order valence-electron chi connectivity index (χ2n) is 4.87. The van der Waals surface area contributed by atoms with Gasteiger partial charge in [0.25, 0.3) is 17.4 Å². The molecule has 2 amide bonds. The topological polar surface area (TPSA) is 131 Å². The van der Waals surface area contributed by atoms with Crippen molar-refractivity contribution in [3.05, 3.63) is 55.3 Å². The standard InChI is InChI=1S/C14H7Cl2N3O5/c15-6-1-4(14(23)24)2-7(10(6)16)19-8(20)3-5-9(11(19)17)13(22)18-12(5)21/h1-3H,17H2,(H,23,24)(H,18,21,22). The van der Waals surface area contributed by atoms with Crippen molar-refractivity contribution in [3.8, 4) is 5.69 Å². The smallest absolute Gasteiger partial charge is 0.335 e. The van der Waals surface area contributed by atoms with Gasteiger partial charge in [0.05, 0.1) is 32.4 Å². The number of nitrogen functional groups attached to an aromatic ring is 1. The highest BCUT2D eigenvalue weighted by Gasteiger charge is 2.32. The van der Waals surface area contributed by atoms with Crippen LogP contribution in [0.2, 0.25) is 10.0 Å². The predicted octanol–water partition coefficient (Wildman–Crippen LogP) is 1.31. The number of rotatable bonds is 2. The van der Waals surface area contributed by atoms with Crippen molar-refractivity contribution in [3.63, 3.8) is 0 Å². The van der Waals surface area contributed by atoms with Gasteiger partial charge in [-0.25, -0.2) is 4.79 Å². The first-order chi connectivity index (χ1) is 11.2. The highest BCUT2D eigenvalue weighted by Crippen LogP contribution is 2.32. The molecule has 10 heteroatoms. The number of aromatic carboxylic acids is 1. The van der Waals surface area contributed by atoms with Crippen molar-refractivity contribution in [1.29, 1.82) is 0 Å². The minimum atomic E-state index is -1.30. The van der Waals surface area contributed by atoms with E-state index in [1.165, 1.54) is 0 Å². The summed E-state index contributed by atoms with van der Waals surface area (Å²) in [5.74, 6) is -3.15. The molecule has 2 heterocycles. The molecule has 8 nitrogen and oxygen atoms in total. The number of nitrogens with zero attached hydrogens (tertiary/aromatic N) is 1. The Morgan fingerprint density at radius 1 is 1.12 bits per heavy atom. The Morgan fingerprint density at radius 3 is 2.42 bits per heavy atom. The van der Waals surface area contributed by atoms with Crippen molar-refractivity contribution in [2.45, 2.75) is 0 Å². The van der Waals surface area contributed by atoms with Gasteiger partial charge in [0, 0.05) is 6.07 Å². The number of carboxylic acid groups (broad SMARTS) is 1. The van der Waals surface area contributed by atoms with Crippen molar-refractivity contribution in [1.82, 2.24) is 9.88 Å². The van der Waals surface area contributed by atoms with Gasteiger partial charge in [-0.1, -0.05) is 23.2 Å². The first kappa shape index (κ1) is 16.0. The molecule has 0 bridgehead atoms. The quantitative estimate of drug-likeness (QED) is 0.685. The highest BCUT2D eigenvalue weighted by atomic mass is 35.5. The van der Waals surface area contributed by atoms with Crippen LogP contribution in [-0.2, 0) is 0 Å². The maximum Gasteiger partial charge on any atom is 0.335 e. The Bertz CT molecular complexity index is 1010. The van der Waals surface area contributed by atoms with E-state index in [1.807, 2.05) is 5.32 Å². The van der Waals surface area contributed by atoms with Gasteiger partial charge in [0.15, 0.2) is 0 Å². The Morgan fingerprint density at radius 2 is 1.79 bits per heavy atom. The molecule has 3 rings (SSSR count). The van der Waals surface area contributed by atoms with E-state index in [9.17, 15) is 19.2 Å². The lowest BCUT2D eigenvalue weighted by Crippen LogP contribution is -2.24. The van der Waals surface area contributed by atoms with E-state index < -0.39 is 23.3 Å². The molecule has 0 fully saturated rings. The van der Waals surface area contributed by atoms with Crippen molar-refractivity contribution >= 4 is 46.8 Å². The molecule has 1 aromatic heterocycles. The number of pyridine rings is 1. The van der Waals surface area contributed by atoms with Crippen LogP contribution in [0.1, 0.15) is 31.1 Å². The van der Waals surface area contributed by atoms with Crippen molar-refractivity contribution < 1.29 is 19.5 Å². The molecule has 0 aliphatic carbocycles. The van der Waals surface area contributed by atoms with Gasteiger partial charge in [0.2, 0.25) is 0 Å². The van der Waals surface area contributed by atoms with E-state index in [0.717, 1.165) is 22.8 Å². The summed E-state index contributed by atoms with van der Waals surface area (Å²) >= 11 is 12.0. The second-order valence-corrected chi connectivity index (χ2v) is 5.66. The number of hydrogen-bond acceptors (Lipinski definition) is 5. The summed E-state index contributed by atoms with van der Waals surface area (Å²) in [7, 11) is 0. The number of nitrogens with two attached hydrogens (primary N) is 1. The first-order valence-corrected chi connectivity index (χ1v) is 7.12. The van der Waals surface area contributed by atoms with Crippen LogP contribution < -0.4 is 16.6 Å². The maximum atomic E-state index is 12.3. The highest BCUT2D eigenvalue weighted by molar-refractivity contribution is 6.43. The zero-order valence-electron chi connectivity index (χ0n) is 11.6. The molecule has 2 aromatic rings. The zero-order chi connectivity index (χ0) is 17.8. The molecule has 0 saturated heterocycles. The maximum absolute atomic E-state index is 12.3. The summed E-state index contributed by atoms with van der Waals surface area (Å²) < 4.78 is 0.831. The van der Waals surface area contributed by atoms with Crippen LogP contribution in [0.15, 0.2) is 23.0 Å². The molecule has 0 saturated carbocycles. The van der Waals surface area contributed by atoms with Gasteiger partial charge in [-0.2, -0.15) is 0 Å². The normalized spacial score (nSPS) is 12.9. The summed E-state index contributed by atoms with van der Waals surface area (Å²) in [6.45, 7) is 0. The number of nitrogens with one attached hydrogen (secondary N) is 1. The molecule has 0 unspecified atom stereocenters. The molecule has 24 heavy (non-hydrogen) atoms. The number of hydrogen-bond donors (Lipinski definition) is 3. The fourth-order valence-corrected chi connectivity index (χ4v) is 2.80. The van der Waals surface area contributed by atoms with Gasteiger partial charge >= 0.3 is 5.97 Å². The molecule has 0 atom stereocenters. The molecule has 1 aliphatic rings. The predicted molar refractivity (Wildman–Crippen MR) is 85.2 cm³/mol. The number of carbonyl (C=O) groups is 3. The van der Waals surface area contributed by atoms with Crippen LogP contribution in [0.5, 0.6) is 0 Å². The summed E-state index contributed by atoms with van der Waals surface area (Å²) in [6, 6.07) is 3.12. The molecule has 122 valence electrons. The van der Waals surface area contributed by atoms with E-state index in [1.54, 1.807) is 0 Å². The van der Waals surface area contributed by atoms with Gasteiger partial charge in [-0.15, -0.1) is 0 Å². The van der Waals surface area contributed by atoms with E-state index >= 15 is 0 Å². The monoisotopic (exact) mass is 367 g/mol. The van der Waals surface area contributed by atoms with Crippen LogP contribution >= 0.6 is 23.2 Å². The lowest BCUT2D eigenvalue weighted by Gasteiger charge is -2.14. The van der Waals surface area contributed by atoms with Crippen LogP contribution in [0.25, 0.3) is 5.69 Å². The van der Waals surface area contributed by atoms with Gasteiger partial charge < -0.3 is 10.8 Å². The van der Waals surface area contributed by atoms with Crippen molar-refractivity contribution in [2.24, 2.45) is 0 Å². The number of imide groups is 1. The number of anilines is 1. The molecule has 1 aliphatic heterocycles. The van der Waals surface area contributed by atoms with Crippen molar-refractivity contribution in [2.75, 3.05) is 5.73 Å². The number of amides is 2. The third-order valence-corrected chi connectivity index (χ3v) is 4.24. The number of benzene rings is 1. The molecule has 4 N–H and O–H groups in total. The lowest BCUT2D eigenvalue weighted by atomic mass is 10.1.